The molecule has 0 bridgehead atoms. The molecule has 0 saturated heterocycles. The molecule has 0 spiro atoms. The zero-order valence-corrected chi connectivity index (χ0v) is 26.9. The summed E-state index contributed by atoms with van der Waals surface area (Å²) in [5, 5.41) is 11.6. The van der Waals surface area contributed by atoms with Crippen LogP contribution in [-0.4, -0.2) is 19.2 Å². The van der Waals surface area contributed by atoms with Crippen molar-refractivity contribution in [1.82, 2.24) is 0 Å². The first-order chi connectivity index (χ1) is 17.0. The van der Waals surface area contributed by atoms with E-state index in [-0.39, 0.29) is 5.04 Å². The second-order valence-electron chi connectivity index (χ2n) is 15.0. The van der Waals surface area contributed by atoms with Crippen LogP contribution in [0.4, 0.5) is 0 Å². The van der Waals surface area contributed by atoms with Crippen molar-refractivity contribution < 1.29 is 9.53 Å². The van der Waals surface area contributed by atoms with E-state index in [4.69, 9.17) is 4.43 Å². The van der Waals surface area contributed by atoms with Crippen molar-refractivity contribution in [2.45, 2.75) is 131 Å². The molecule has 3 fully saturated rings. The van der Waals surface area contributed by atoms with Crippen LogP contribution in [0.5, 0.6) is 0 Å². The molecule has 3 aliphatic carbocycles. The van der Waals surface area contributed by atoms with Crippen molar-refractivity contribution in [3.05, 3.63) is 47.6 Å². The summed E-state index contributed by atoms with van der Waals surface area (Å²) in [6.45, 7) is 27.6. The highest BCUT2D eigenvalue weighted by Gasteiger charge is 2.50. The van der Waals surface area contributed by atoms with E-state index in [0.29, 0.717) is 41.9 Å². The molecule has 0 radical (unpaired) electrons. The van der Waals surface area contributed by atoms with Crippen LogP contribution >= 0.6 is 0 Å². The molecular formula is C34H58O2Si. The monoisotopic (exact) mass is 526 g/mol. The Morgan fingerprint density at radius 1 is 1.03 bits per heavy atom. The normalized spacial score (nSPS) is 35.5. The number of hydrogen-bond acceptors (Lipinski definition) is 2. The van der Waals surface area contributed by atoms with E-state index < -0.39 is 14.1 Å². The highest BCUT2D eigenvalue weighted by atomic mass is 28.4. The molecule has 0 aromatic carbocycles. The van der Waals surface area contributed by atoms with Gasteiger partial charge in [0.1, 0.15) is 0 Å². The summed E-state index contributed by atoms with van der Waals surface area (Å²) in [6, 6.07) is 0. The lowest BCUT2D eigenvalue weighted by atomic mass is 9.61. The Hall–Kier alpha value is -0.903. The SMILES string of the molecule is C=C1CC[C@@](O)(O[Si](C)(C)C(C)(C)C)CC1=CC=C1CCC[C@@]2(C)C1CC[C@@H]2[C@H](C)C=C[C@H](C)C(C)C. The molecule has 0 aromatic heterocycles. The Kier molecular flexibility index (Phi) is 9.35. The predicted molar refractivity (Wildman–Crippen MR) is 163 cm³/mol. The molecule has 0 amide bonds. The van der Waals surface area contributed by atoms with E-state index >= 15 is 0 Å². The van der Waals surface area contributed by atoms with Gasteiger partial charge >= 0.3 is 0 Å². The lowest BCUT2D eigenvalue weighted by molar-refractivity contribution is -0.154. The molecular weight excluding hydrogens is 468 g/mol. The summed E-state index contributed by atoms with van der Waals surface area (Å²) in [5.41, 5.74) is 4.37. The first kappa shape index (κ1) is 30.6. The largest absolute Gasteiger partial charge is 0.390 e. The third kappa shape index (κ3) is 6.82. The lowest BCUT2D eigenvalue weighted by Gasteiger charge is -2.45. The van der Waals surface area contributed by atoms with Gasteiger partial charge in [-0.1, -0.05) is 97.4 Å². The zero-order chi connectivity index (χ0) is 27.8. The molecule has 6 atom stereocenters. The molecule has 3 rings (SSSR count). The van der Waals surface area contributed by atoms with Gasteiger partial charge in [0.15, 0.2) is 14.1 Å². The van der Waals surface area contributed by atoms with Crippen molar-refractivity contribution in [3.63, 3.8) is 0 Å². The lowest BCUT2D eigenvalue weighted by Crippen LogP contribution is -2.51. The van der Waals surface area contributed by atoms with Gasteiger partial charge in [-0.2, -0.15) is 0 Å². The fourth-order valence-electron chi connectivity index (χ4n) is 6.97. The average Bonchev–Trinajstić information content (AvgIpc) is 3.14. The third-order valence-electron chi connectivity index (χ3n) is 10.9. The van der Waals surface area contributed by atoms with Crippen molar-refractivity contribution >= 4 is 8.32 Å². The van der Waals surface area contributed by atoms with E-state index in [1.54, 1.807) is 5.57 Å². The standard InChI is InChI=1S/C34H58O2Si/c1-24(2)25(3)14-15-27(5)30-18-19-31-28(13-12-21-33(30,31)9)16-17-29-23-34(35,22-20-26(29)4)36-37(10,11)32(6,7)8/h14-17,24-25,27,30-31,35H,4,12-13,18-23H2,1-3,5-11H3/t25-,27+,30+,31?,33+,34+/m0/s1. The van der Waals surface area contributed by atoms with Crippen molar-refractivity contribution in [2.75, 3.05) is 0 Å². The number of allylic oxidation sites excluding steroid dienone is 6. The van der Waals surface area contributed by atoms with Crippen LogP contribution in [0, 0.1) is 35.0 Å². The van der Waals surface area contributed by atoms with E-state index in [1.165, 1.54) is 43.3 Å². The van der Waals surface area contributed by atoms with Crippen LogP contribution in [-0.2, 0) is 4.43 Å². The maximum atomic E-state index is 11.5. The molecule has 2 nitrogen and oxygen atoms in total. The summed E-state index contributed by atoms with van der Waals surface area (Å²) in [5.74, 6) is 2.35. The molecule has 3 heteroatoms. The maximum absolute atomic E-state index is 11.5. The average molecular weight is 527 g/mol. The second-order valence-corrected chi connectivity index (χ2v) is 19.7. The molecule has 37 heavy (non-hydrogen) atoms. The Balaban J connectivity index is 1.78. The summed E-state index contributed by atoms with van der Waals surface area (Å²) in [6.07, 6.45) is 18.2. The first-order valence-electron chi connectivity index (χ1n) is 15.2. The summed E-state index contributed by atoms with van der Waals surface area (Å²) in [7, 11) is -2.07. The zero-order valence-electron chi connectivity index (χ0n) is 25.9. The summed E-state index contributed by atoms with van der Waals surface area (Å²) in [4.78, 5) is 0. The molecule has 0 heterocycles. The van der Waals surface area contributed by atoms with Gasteiger partial charge < -0.3 is 9.53 Å². The van der Waals surface area contributed by atoms with Gasteiger partial charge in [-0.15, -0.1) is 0 Å². The van der Waals surface area contributed by atoms with Crippen LogP contribution in [0.25, 0.3) is 0 Å². The molecule has 210 valence electrons. The number of fused-ring (bicyclic) bond motifs is 1. The third-order valence-corrected chi connectivity index (χ3v) is 15.4. The van der Waals surface area contributed by atoms with Gasteiger partial charge in [-0.3, -0.25) is 0 Å². The fourth-order valence-corrected chi connectivity index (χ4v) is 8.40. The van der Waals surface area contributed by atoms with Crippen LogP contribution in [0.3, 0.4) is 0 Å². The van der Waals surface area contributed by atoms with Crippen LogP contribution in [0.1, 0.15) is 107 Å². The van der Waals surface area contributed by atoms with Crippen molar-refractivity contribution in [2.24, 2.45) is 35.0 Å². The number of aliphatic hydroxyl groups is 1. The number of hydrogen-bond donors (Lipinski definition) is 1. The Morgan fingerprint density at radius 3 is 2.32 bits per heavy atom. The molecule has 0 aliphatic heterocycles. The highest BCUT2D eigenvalue weighted by Crippen LogP contribution is 2.59. The van der Waals surface area contributed by atoms with Crippen LogP contribution in [0.15, 0.2) is 47.6 Å². The van der Waals surface area contributed by atoms with Gasteiger partial charge in [0.25, 0.3) is 0 Å². The van der Waals surface area contributed by atoms with Gasteiger partial charge in [0, 0.05) is 12.8 Å². The van der Waals surface area contributed by atoms with Crippen LogP contribution in [0.2, 0.25) is 18.1 Å². The van der Waals surface area contributed by atoms with E-state index in [0.717, 1.165) is 12.3 Å². The minimum Gasteiger partial charge on any atom is -0.390 e. The Labute approximate surface area is 230 Å². The second kappa shape index (κ2) is 11.3. The smallest absolute Gasteiger partial charge is 0.195 e. The van der Waals surface area contributed by atoms with E-state index in [9.17, 15) is 5.11 Å². The molecule has 0 aromatic rings. The Bertz CT molecular complexity index is 917. The molecule has 3 aliphatic rings. The van der Waals surface area contributed by atoms with E-state index in [2.05, 4.69) is 99.4 Å². The van der Waals surface area contributed by atoms with Gasteiger partial charge in [0.05, 0.1) is 0 Å². The molecule has 1 N–H and O–H groups in total. The van der Waals surface area contributed by atoms with Gasteiger partial charge in [-0.05, 0) is 97.2 Å². The topological polar surface area (TPSA) is 29.5 Å². The van der Waals surface area contributed by atoms with Crippen LogP contribution < -0.4 is 0 Å². The summed E-state index contributed by atoms with van der Waals surface area (Å²) >= 11 is 0. The van der Waals surface area contributed by atoms with E-state index in [1.807, 2.05) is 0 Å². The fraction of sp³-hybridized carbons (Fsp3) is 0.765. The molecule has 3 saturated carbocycles. The van der Waals surface area contributed by atoms with Crippen molar-refractivity contribution in [3.8, 4) is 0 Å². The first-order valence-corrected chi connectivity index (χ1v) is 18.1. The Morgan fingerprint density at radius 2 is 1.70 bits per heavy atom. The minimum absolute atomic E-state index is 0.0771. The van der Waals surface area contributed by atoms with Gasteiger partial charge in [0.2, 0.25) is 0 Å². The quantitative estimate of drug-likeness (QED) is 0.203. The maximum Gasteiger partial charge on any atom is 0.195 e. The number of rotatable bonds is 7. The van der Waals surface area contributed by atoms with Crippen molar-refractivity contribution in [1.29, 1.82) is 0 Å². The molecule has 1 unspecified atom stereocenters. The minimum atomic E-state index is -2.07. The van der Waals surface area contributed by atoms with Gasteiger partial charge in [-0.25, -0.2) is 0 Å². The summed E-state index contributed by atoms with van der Waals surface area (Å²) < 4.78 is 6.57. The highest BCUT2D eigenvalue weighted by molar-refractivity contribution is 6.74. The predicted octanol–water partition coefficient (Wildman–Crippen LogP) is 9.99.